The molecule has 1 rings (SSSR count). The van der Waals surface area contributed by atoms with Crippen molar-refractivity contribution in [2.75, 3.05) is 32.2 Å². The molecule has 0 heterocycles. The summed E-state index contributed by atoms with van der Waals surface area (Å²) in [6, 6.07) is 4.53. The molecule has 0 radical (unpaired) electrons. The first-order chi connectivity index (χ1) is 8.16. The van der Waals surface area contributed by atoms with Crippen molar-refractivity contribution in [2.24, 2.45) is 0 Å². The lowest BCUT2D eigenvalue weighted by atomic mass is 10.2. The molecule has 0 aromatic heterocycles. The number of para-hydroxylation sites is 1. The zero-order valence-electron chi connectivity index (χ0n) is 9.26. The number of hydrogen-bond acceptors (Lipinski definition) is 5. The SMILES string of the molecule is Nc1cccc(C(=O)O)c1OCCOCCO. The van der Waals surface area contributed by atoms with E-state index in [-0.39, 0.29) is 43.4 Å². The Labute approximate surface area is 98.6 Å². The van der Waals surface area contributed by atoms with Gasteiger partial charge in [-0.05, 0) is 12.1 Å². The van der Waals surface area contributed by atoms with Gasteiger partial charge in [-0.3, -0.25) is 0 Å². The number of ether oxygens (including phenoxy) is 2. The van der Waals surface area contributed by atoms with Crippen molar-refractivity contribution in [1.82, 2.24) is 0 Å². The summed E-state index contributed by atoms with van der Waals surface area (Å²) < 4.78 is 10.2. The number of anilines is 1. The number of aliphatic hydroxyl groups is 1. The second-order valence-electron chi connectivity index (χ2n) is 3.21. The molecule has 94 valence electrons. The number of nitrogen functional groups attached to an aromatic ring is 1. The maximum Gasteiger partial charge on any atom is 0.339 e. The van der Waals surface area contributed by atoms with E-state index >= 15 is 0 Å². The van der Waals surface area contributed by atoms with Gasteiger partial charge in [-0.15, -0.1) is 0 Å². The highest BCUT2D eigenvalue weighted by Crippen LogP contribution is 2.26. The smallest absolute Gasteiger partial charge is 0.339 e. The van der Waals surface area contributed by atoms with Crippen molar-refractivity contribution < 1.29 is 24.5 Å². The fourth-order valence-corrected chi connectivity index (χ4v) is 1.25. The van der Waals surface area contributed by atoms with Crippen LogP contribution in [0.2, 0.25) is 0 Å². The Hall–Kier alpha value is -1.79. The molecule has 0 amide bonds. The van der Waals surface area contributed by atoms with Crippen LogP contribution in [0, 0.1) is 0 Å². The van der Waals surface area contributed by atoms with E-state index in [1.54, 1.807) is 12.1 Å². The highest BCUT2D eigenvalue weighted by atomic mass is 16.5. The Morgan fingerprint density at radius 1 is 1.29 bits per heavy atom. The predicted molar refractivity (Wildman–Crippen MR) is 61.2 cm³/mol. The number of hydrogen-bond donors (Lipinski definition) is 3. The van der Waals surface area contributed by atoms with Crippen LogP contribution >= 0.6 is 0 Å². The zero-order valence-corrected chi connectivity index (χ0v) is 9.26. The monoisotopic (exact) mass is 241 g/mol. The summed E-state index contributed by atoms with van der Waals surface area (Å²) in [5, 5.41) is 17.4. The number of carboxylic acid groups (broad SMARTS) is 1. The molecule has 1 aromatic rings. The molecule has 17 heavy (non-hydrogen) atoms. The van der Waals surface area contributed by atoms with Gasteiger partial charge in [0.2, 0.25) is 0 Å². The largest absolute Gasteiger partial charge is 0.488 e. The van der Waals surface area contributed by atoms with Crippen molar-refractivity contribution in [3.05, 3.63) is 23.8 Å². The van der Waals surface area contributed by atoms with E-state index in [2.05, 4.69) is 0 Å². The molecule has 6 heteroatoms. The normalized spacial score (nSPS) is 10.2. The number of benzene rings is 1. The van der Waals surface area contributed by atoms with Crippen LogP contribution < -0.4 is 10.5 Å². The van der Waals surface area contributed by atoms with Crippen LogP contribution in [0.3, 0.4) is 0 Å². The highest BCUT2D eigenvalue weighted by molar-refractivity contribution is 5.93. The quantitative estimate of drug-likeness (QED) is 0.470. The van der Waals surface area contributed by atoms with Gasteiger partial charge in [0.25, 0.3) is 0 Å². The topological polar surface area (TPSA) is 102 Å². The van der Waals surface area contributed by atoms with E-state index in [9.17, 15) is 4.79 Å². The van der Waals surface area contributed by atoms with Crippen LogP contribution in [0.5, 0.6) is 5.75 Å². The minimum atomic E-state index is -1.09. The number of carbonyl (C=O) groups is 1. The highest BCUT2D eigenvalue weighted by Gasteiger charge is 2.13. The van der Waals surface area contributed by atoms with E-state index in [0.29, 0.717) is 0 Å². The van der Waals surface area contributed by atoms with E-state index in [1.807, 2.05) is 0 Å². The lowest BCUT2D eigenvalue weighted by Crippen LogP contribution is -2.12. The third-order valence-electron chi connectivity index (χ3n) is 1.99. The lowest BCUT2D eigenvalue weighted by molar-refractivity contribution is 0.0658. The average Bonchev–Trinajstić information content (AvgIpc) is 2.30. The van der Waals surface area contributed by atoms with Crippen LogP contribution in [0.25, 0.3) is 0 Å². The summed E-state index contributed by atoms with van der Waals surface area (Å²) in [5.41, 5.74) is 5.92. The molecule has 0 spiro atoms. The summed E-state index contributed by atoms with van der Waals surface area (Å²) in [6.07, 6.45) is 0. The number of carboxylic acids is 1. The molecule has 0 bridgehead atoms. The molecule has 0 unspecified atom stereocenters. The third-order valence-corrected chi connectivity index (χ3v) is 1.99. The molecule has 0 saturated heterocycles. The first-order valence-corrected chi connectivity index (χ1v) is 5.10. The van der Waals surface area contributed by atoms with Crippen LogP contribution in [0.15, 0.2) is 18.2 Å². The second-order valence-corrected chi connectivity index (χ2v) is 3.21. The molecule has 0 saturated carbocycles. The van der Waals surface area contributed by atoms with E-state index in [0.717, 1.165) is 0 Å². The molecule has 4 N–H and O–H groups in total. The Morgan fingerprint density at radius 2 is 2.06 bits per heavy atom. The third kappa shape index (κ3) is 3.93. The van der Waals surface area contributed by atoms with Gasteiger partial charge in [0.1, 0.15) is 12.2 Å². The summed E-state index contributed by atoms with van der Waals surface area (Å²) in [5.74, 6) is -0.948. The Morgan fingerprint density at radius 3 is 2.71 bits per heavy atom. The van der Waals surface area contributed by atoms with Gasteiger partial charge < -0.3 is 25.4 Å². The Kier molecular flexibility index (Phi) is 5.25. The number of aromatic carboxylic acids is 1. The van der Waals surface area contributed by atoms with Gasteiger partial charge in [-0.2, -0.15) is 0 Å². The van der Waals surface area contributed by atoms with Crippen LogP contribution in [-0.4, -0.2) is 42.6 Å². The van der Waals surface area contributed by atoms with Crippen LogP contribution in [0.1, 0.15) is 10.4 Å². The molecule has 1 aromatic carbocycles. The van der Waals surface area contributed by atoms with E-state index in [1.165, 1.54) is 6.07 Å². The maximum absolute atomic E-state index is 10.9. The fourth-order valence-electron chi connectivity index (χ4n) is 1.25. The molecular formula is C11H15NO5. The van der Waals surface area contributed by atoms with Gasteiger partial charge in [0.05, 0.1) is 25.5 Å². The van der Waals surface area contributed by atoms with Gasteiger partial charge >= 0.3 is 5.97 Å². The van der Waals surface area contributed by atoms with Crippen molar-refractivity contribution in [1.29, 1.82) is 0 Å². The van der Waals surface area contributed by atoms with Crippen molar-refractivity contribution in [3.8, 4) is 5.75 Å². The molecular weight excluding hydrogens is 226 g/mol. The number of aliphatic hydroxyl groups excluding tert-OH is 1. The summed E-state index contributed by atoms with van der Waals surface area (Å²) in [6.45, 7) is 0.593. The van der Waals surface area contributed by atoms with Gasteiger partial charge in [0.15, 0.2) is 5.75 Å². The predicted octanol–water partition coefficient (Wildman–Crippen LogP) is 0.355. The lowest BCUT2D eigenvalue weighted by Gasteiger charge is -2.11. The Balaban J connectivity index is 2.60. The van der Waals surface area contributed by atoms with E-state index < -0.39 is 5.97 Å². The zero-order chi connectivity index (χ0) is 12.7. The van der Waals surface area contributed by atoms with Gasteiger partial charge in [0, 0.05) is 0 Å². The molecule has 6 nitrogen and oxygen atoms in total. The second kappa shape index (κ2) is 6.72. The van der Waals surface area contributed by atoms with Crippen LogP contribution in [-0.2, 0) is 4.74 Å². The number of rotatable bonds is 7. The number of nitrogens with two attached hydrogens (primary N) is 1. The van der Waals surface area contributed by atoms with Gasteiger partial charge in [-0.25, -0.2) is 4.79 Å². The molecule has 0 aliphatic heterocycles. The summed E-state index contributed by atoms with van der Waals surface area (Å²) in [7, 11) is 0. The van der Waals surface area contributed by atoms with Crippen molar-refractivity contribution in [3.63, 3.8) is 0 Å². The van der Waals surface area contributed by atoms with Crippen molar-refractivity contribution >= 4 is 11.7 Å². The average molecular weight is 241 g/mol. The standard InChI is InChI=1S/C11H15NO5/c12-9-3-1-2-8(11(14)15)10(9)17-7-6-16-5-4-13/h1-3,13H,4-7,12H2,(H,14,15). The van der Waals surface area contributed by atoms with Gasteiger partial charge in [-0.1, -0.05) is 6.07 Å². The molecule has 0 aliphatic carbocycles. The Bertz CT molecular complexity index is 380. The minimum Gasteiger partial charge on any atom is -0.488 e. The first kappa shape index (κ1) is 13.3. The molecule has 0 fully saturated rings. The minimum absolute atomic E-state index is 0.0205. The van der Waals surface area contributed by atoms with Crippen LogP contribution in [0.4, 0.5) is 5.69 Å². The first-order valence-electron chi connectivity index (χ1n) is 5.10. The van der Waals surface area contributed by atoms with Crippen molar-refractivity contribution in [2.45, 2.75) is 0 Å². The molecule has 0 aliphatic rings. The van der Waals surface area contributed by atoms with E-state index in [4.69, 9.17) is 25.4 Å². The summed E-state index contributed by atoms with van der Waals surface area (Å²) in [4.78, 5) is 10.9. The molecule has 0 atom stereocenters. The summed E-state index contributed by atoms with van der Waals surface area (Å²) >= 11 is 0. The maximum atomic E-state index is 10.9. The fraction of sp³-hybridized carbons (Fsp3) is 0.364.